The Labute approximate surface area is 296 Å². The summed E-state index contributed by atoms with van der Waals surface area (Å²) in [7, 11) is 0. The zero-order valence-electron chi connectivity index (χ0n) is 27.6. The van der Waals surface area contributed by atoms with Crippen LogP contribution in [0.3, 0.4) is 0 Å². The lowest BCUT2D eigenvalue weighted by Crippen LogP contribution is -2.30. The Kier molecular flexibility index (Phi) is 6.68. The van der Waals surface area contributed by atoms with E-state index in [2.05, 4.69) is 151 Å². The van der Waals surface area contributed by atoms with Crippen molar-refractivity contribution < 1.29 is 0 Å². The third-order valence-corrected chi connectivity index (χ3v) is 10.3. The molecule has 10 rings (SSSR count). The van der Waals surface area contributed by atoms with E-state index in [1.165, 1.54) is 44.5 Å². The van der Waals surface area contributed by atoms with Crippen LogP contribution >= 0.6 is 0 Å². The quantitative estimate of drug-likeness (QED) is 0.190. The molecule has 1 spiro atoms. The fourth-order valence-corrected chi connectivity index (χ4v) is 7.99. The molecule has 6 aromatic carbocycles. The lowest BCUT2D eigenvalue weighted by atomic mass is 9.66. The van der Waals surface area contributed by atoms with Gasteiger partial charge in [-0.2, -0.15) is 0 Å². The summed E-state index contributed by atoms with van der Waals surface area (Å²) in [5, 5.41) is 0. The van der Waals surface area contributed by atoms with Crippen molar-refractivity contribution >= 4 is 12.2 Å². The van der Waals surface area contributed by atoms with E-state index in [4.69, 9.17) is 15.0 Å². The molecule has 4 nitrogen and oxygen atoms in total. The summed E-state index contributed by atoms with van der Waals surface area (Å²) in [6, 6.07) is 55.8. The van der Waals surface area contributed by atoms with Crippen molar-refractivity contribution in [3.8, 4) is 56.4 Å². The zero-order valence-corrected chi connectivity index (χ0v) is 27.6. The van der Waals surface area contributed by atoms with Crippen molar-refractivity contribution in [3.63, 3.8) is 0 Å². The Hall–Kier alpha value is -6.78. The van der Waals surface area contributed by atoms with Crippen LogP contribution in [0.5, 0.6) is 0 Å². The van der Waals surface area contributed by atoms with Crippen LogP contribution in [-0.4, -0.2) is 19.9 Å². The third-order valence-electron chi connectivity index (χ3n) is 10.3. The maximum atomic E-state index is 5.17. The Bertz CT molecular complexity index is 2580. The molecule has 0 saturated carbocycles. The molecule has 0 fully saturated rings. The predicted molar refractivity (Wildman–Crippen MR) is 206 cm³/mol. The van der Waals surface area contributed by atoms with E-state index >= 15 is 0 Å². The highest BCUT2D eigenvalue weighted by molar-refractivity contribution is 5.92. The van der Waals surface area contributed by atoms with Crippen LogP contribution in [0, 0.1) is 0 Å². The number of hydrogen-bond donors (Lipinski definition) is 0. The Morgan fingerprint density at radius 3 is 1.53 bits per heavy atom. The zero-order chi connectivity index (χ0) is 33.8. The van der Waals surface area contributed by atoms with Crippen LogP contribution < -0.4 is 0 Å². The van der Waals surface area contributed by atoms with E-state index in [9.17, 15) is 0 Å². The molecule has 0 saturated heterocycles. The van der Waals surface area contributed by atoms with Gasteiger partial charge in [-0.15, -0.1) is 0 Å². The second-order valence-corrected chi connectivity index (χ2v) is 13.1. The van der Waals surface area contributed by atoms with Gasteiger partial charge < -0.3 is 0 Å². The molecule has 0 N–H and O–H groups in total. The minimum atomic E-state index is -0.529. The first kappa shape index (κ1) is 29.2. The minimum absolute atomic E-state index is 0.529. The largest absolute Gasteiger partial charge is 0.264 e. The molecule has 0 bridgehead atoms. The fraction of sp³-hybridized carbons (Fsp3) is 0.0213. The number of fused-ring (bicyclic) bond motifs is 9. The van der Waals surface area contributed by atoms with Gasteiger partial charge in [0.1, 0.15) is 0 Å². The molecular formula is C47H30N4. The van der Waals surface area contributed by atoms with Crippen molar-refractivity contribution in [1.82, 2.24) is 19.9 Å². The SMILES string of the molecule is C1=Cc2ccc(-c3nc(-c4ccccc4)nc(-c4ccc(-c5cccnc5)cc4)n3)cc2C2(c3ccccc31)c1ccccc1-c1ccccc12. The summed E-state index contributed by atoms with van der Waals surface area (Å²) >= 11 is 0. The molecule has 0 aliphatic heterocycles. The Balaban J connectivity index is 1.20. The highest BCUT2D eigenvalue weighted by Crippen LogP contribution is 2.58. The average Bonchev–Trinajstić information content (AvgIpc) is 3.42. The first-order valence-electron chi connectivity index (χ1n) is 17.2. The van der Waals surface area contributed by atoms with Gasteiger partial charge in [0.15, 0.2) is 17.5 Å². The average molecular weight is 651 g/mol. The molecule has 0 radical (unpaired) electrons. The topological polar surface area (TPSA) is 51.6 Å². The highest BCUT2D eigenvalue weighted by atomic mass is 15.0. The molecular weight excluding hydrogens is 621 g/mol. The Morgan fingerprint density at radius 1 is 0.353 bits per heavy atom. The molecule has 2 aromatic heterocycles. The highest BCUT2D eigenvalue weighted by Gasteiger charge is 2.48. The monoisotopic (exact) mass is 650 g/mol. The van der Waals surface area contributed by atoms with Gasteiger partial charge in [0.2, 0.25) is 0 Å². The van der Waals surface area contributed by atoms with Gasteiger partial charge in [-0.3, -0.25) is 4.98 Å². The molecule has 2 aliphatic rings. The summed E-state index contributed by atoms with van der Waals surface area (Å²) < 4.78 is 0. The van der Waals surface area contributed by atoms with Crippen molar-refractivity contribution in [3.05, 3.63) is 203 Å². The van der Waals surface area contributed by atoms with Crippen molar-refractivity contribution in [2.75, 3.05) is 0 Å². The number of hydrogen-bond acceptors (Lipinski definition) is 4. The number of rotatable bonds is 4. The molecule has 0 atom stereocenters. The van der Waals surface area contributed by atoms with Gasteiger partial charge in [-0.1, -0.05) is 158 Å². The molecule has 238 valence electrons. The van der Waals surface area contributed by atoms with Crippen LogP contribution in [0.25, 0.3) is 68.6 Å². The Morgan fingerprint density at radius 2 is 0.863 bits per heavy atom. The molecule has 2 aliphatic carbocycles. The van der Waals surface area contributed by atoms with Crippen LogP contribution in [0.2, 0.25) is 0 Å². The van der Waals surface area contributed by atoms with Crippen LogP contribution in [-0.2, 0) is 5.41 Å². The summed E-state index contributed by atoms with van der Waals surface area (Å²) in [5.41, 5.74) is 14.4. The van der Waals surface area contributed by atoms with E-state index < -0.39 is 5.41 Å². The molecule has 0 amide bonds. The van der Waals surface area contributed by atoms with E-state index in [0.717, 1.165) is 27.8 Å². The van der Waals surface area contributed by atoms with E-state index in [-0.39, 0.29) is 0 Å². The number of aromatic nitrogens is 4. The van der Waals surface area contributed by atoms with Gasteiger partial charge in [-0.25, -0.2) is 15.0 Å². The second kappa shape index (κ2) is 11.7. The van der Waals surface area contributed by atoms with Crippen LogP contribution in [0.15, 0.2) is 170 Å². The number of nitrogens with zero attached hydrogens (tertiary/aromatic N) is 4. The van der Waals surface area contributed by atoms with Crippen LogP contribution in [0.4, 0.5) is 0 Å². The lowest BCUT2D eigenvalue weighted by molar-refractivity contribution is 0.766. The molecule has 2 heterocycles. The van der Waals surface area contributed by atoms with Gasteiger partial charge in [-0.05, 0) is 67.8 Å². The van der Waals surface area contributed by atoms with Gasteiger partial charge in [0, 0.05) is 29.1 Å². The maximum absolute atomic E-state index is 5.17. The maximum Gasteiger partial charge on any atom is 0.164 e. The third kappa shape index (κ3) is 4.61. The number of pyridine rings is 1. The minimum Gasteiger partial charge on any atom is -0.264 e. The van der Waals surface area contributed by atoms with Crippen molar-refractivity contribution in [1.29, 1.82) is 0 Å². The van der Waals surface area contributed by atoms with Gasteiger partial charge in [0.05, 0.1) is 5.41 Å². The summed E-state index contributed by atoms with van der Waals surface area (Å²) in [6.07, 6.45) is 8.19. The molecule has 51 heavy (non-hydrogen) atoms. The van der Waals surface area contributed by atoms with Crippen LogP contribution in [0.1, 0.15) is 33.4 Å². The van der Waals surface area contributed by atoms with E-state index in [1.807, 2.05) is 30.5 Å². The van der Waals surface area contributed by atoms with Crippen molar-refractivity contribution in [2.24, 2.45) is 0 Å². The summed E-state index contributed by atoms with van der Waals surface area (Å²) in [5.74, 6) is 1.90. The predicted octanol–water partition coefficient (Wildman–Crippen LogP) is 10.8. The smallest absolute Gasteiger partial charge is 0.164 e. The van der Waals surface area contributed by atoms with E-state index in [0.29, 0.717) is 17.5 Å². The van der Waals surface area contributed by atoms with Gasteiger partial charge >= 0.3 is 0 Å². The fourth-order valence-electron chi connectivity index (χ4n) is 7.99. The first-order chi connectivity index (χ1) is 25.3. The van der Waals surface area contributed by atoms with Gasteiger partial charge in [0.25, 0.3) is 0 Å². The number of benzene rings is 6. The second-order valence-electron chi connectivity index (χ2n) is 13.1. The molecule has 8 aromatic rings. The molecule has 4 heteroatoms. The van der Waals surface area contributed by atoms with E-state index in [1.54, 1.807) is 6.20 Å². The summed E-state index contributed by atoms with van der Waals surface area (Å²) in [6.45, 7) is 0. The lowest BCUT2D eigenvalue weighted by Gasteiger charge is -2.35. The van der Waals surface area contributed by atoms with Crippen molar-refractivity contribution in [2.45, 2.75) is 5.41 Å². The normalized spacial score (nSPS) is 13.2. The summed E-state index contributed by atoms with van der Waals surface area (Å²) in [4.78, 5) is 19.6. The first-order valence-corrected chi connectivity index (χ1v) is 17.2. The molecule has 0 unspecified atom stereocenters. The standard InChI is InChI=1S/C47H30N4/c1-2-12-34(13-3-1)44-49-45(35-25-20-31(21-26-35)37-14-10-28-48-30-37)51-46(50-44)36-27-24-33-23-22-32-11-4-7-17-40(32)47(43(33)29-36)41-18-8-5-15-38(41)39-16-6-9-19-42(39)47/h1-30H.